The number of carbonyl (C=O) groups excluding carboxylic acids is 1. The first-order chi connectivity index (χ1) is 16.7. The van der Waals surface area contributed by atoms with Crippen molar-refractivity contribution < 1.29 is 21.6 Å². The predicted molar refractivity (Wildman–Crippen MR) is 145 cm³/mol. The highest BCUT2D eigenvalue weighted by Crippen LogP contribution is 2.28. The van der Waals surface area contributed by atoms with Crippen molar-refractivity contribution in [3.8, 4) is 0 Å². The van der Waals surface area contributed by atoms with Crippen LogP contribution in [-0.2, 0) is 24.8 Å². The maximum atomic E-state index is 13.0. The molecule has 0 saturated carbocycles. The summed E-state index contributed by atoms with van der Waals surface area (Å²) in [7, 11) is -7.68. The van der Waals surface area contributed by atoms with Gasteiger partial charge in [-0.2, -0.15) is 0 Å². The Morgan fingerprint density at radius 3 is 2.19 bits per heavy atom. The first-order valence-electron chi connectivity index (χ1n) is 11.0. The van der Waals surface area contributed by atoms with Crippen molar-refractivity contribution in [2.75, 3.05) is 20.6 Å². The van der Waals surface area contributed by atoms with E-state index in [1.165, 1.54) is 31.2 Å². The SMILES string of the molecule is Cc1ccc(C)c(N([C@@H](C)C(=O)Nc2ccc(S(=O)(=O)Nc3cccc(Cl)c3C)cc2)S(C)(=O)=O)c1. The lowest BCUT2D eigenvalue weighted by Gasteiger charge is -2.29. The second-order valence-corrected chi connectivity index (χ2v) is 12.5. The van der Waals surface area contributed by atoms with Crippen LogP contribution in [-0.4, -0.2) is 35.0 Å². The molecule has 3 rings (SSSR count). The van der Waals surface area contributed by atoms with E-state index in [-0.39, 0.29) is 4.90 Å². The van der Waals surface area contributed by atoms with Crippen molar-refractivity contribution in [2.24, 2.45) is 0 Å². The van der Waals surface area contributed by atoms with Crippen LogP contribution < -0.4 is 14.3 Å². The number of hydrogen-bond acceptors (Lipinski definition) is 5. The topological polar surface area (TPSA) is 113 Å². The standard InChI is InChI=1S/C25H28ClN3O5S2/c1-16-9-10-17(2)24(15-16)29(35(5,31)32)19(4)25(30)27-20-11-13-21(14-12-20)36(33,34)28-23-8-6-7-22(26)18(23)3/h6-15,19,28H,1-5H3,(H,27,30)/t19-/m0/s1. The second-order valence-electron chi connectivity index (χ2n) is 8.56. The van der Waals surface area contributed by atoms with Crippen LogP contribution in [0.5, 0.6) is 0 Å². The summed E-state index contributed by atoms with van der Waals surface area (Å²) in [5.41, 5.74) is 3.27. The van der Waals surface area contributed by atoms with Gasteiger partial charge in [0.2, 0.25) is 15.9 Å². The third kappa shape index (κ3) is 6.18. The minimum Gasteiger partial charge on any atom is -0.324 e. The van der Waals surface area contributed by atoms with Crippen LogP contribution in [0, 0.1) is 20.8 Å². The molecule has 0 saturated heterocycles. The largest absolute Gasteiger partial charge is 0.324 e. The Labute approximate surface area is 217 Å². The Kier molecular flexibility index (Phi) is 8.02. The molecule has 3 aromatic rings. The Hall–Kier alpha value is -3.08. The summed E-state index contributed by atoms with van der Waals surface area (Å²) in [5.74, 6) is -0.565. The Balaban J connectivity index is 1.81. The molecule has 192 valence electrons. The van der Waals surface area contributed by atoms with Crippen LogP contribution in [0.3, 0.4) is 0 Å². The fraction of sp³-hybridized carbons (Fsp3) is 0.240. The number of hydrogen-bond donors (Lipinski definition) is 2. The van der Waals surface area contributed by atoms with Gasteiger partial charge in [0, 0.05) is 10.7 Å². The predicted octanol–water partition coefficient (Wildman–Crippen LogP) is 4.86. The summed E-state index contributed by atoms with van der Waals surface area (Å²) >= 11 is 6.07. The first-order valence-corrected chi connectivity index (χ1v) is 14.7. The van der Waals surface area contributed by atoms with Crippen molar-refractivity contribution in [3.63, 3.8) is 0 Å². The van der Waals surface area contributed by atoms with Gasteiger partial charge in [-0.05, 0) is 86.8 Å². The molecule has 8 nitrogen and oxygen atoms in total. The molecule has 0 aliphatic rings. The van der Waals surface area contributed by atoms with Gasteiger partial charge in [-0.3, -0.25) is 13.8 Å². The lowest BCUT2D eigenvalue weighted by molar-refractivity contribution is -0.116. The zero-order chi connectivity index (χ0) is 26.8. The maximum Gasteiger partial charge on any atom is 0.261 e. The highest BCUT2D eigenvalue weighted by molar-refractivity contribution is 7.92. The molecule has 0 fully saturated rings. The Bertz CT molecular complexity index is 1510. The van der Waals surface area contributed by atoms with Crippen LogP contribution in [0.25, 0.3) is 0 Å². The number of benzene rings is 3. The van der Waals surface area contributed by atoms with Crippen molar-refractivity contribution in [2.45, 2.75) is 38.6 Å². The molecule has 11 heteroatoms. The van der Waals surface area contributed by atoms with Crippen LogP contribution in [0.4, 0.5) is 17.1 Å². The highest BCUT2D eigenvalue weighted by Gasteiger charge is 2.30. The average molecular weight is 550 g/mol. The van der Waals surface area contributed by atoms with E-state index in [4.69, 9.17) is 11.6 Å². The molecule has 36 heavy (non-hydrogen) atoms. The molecule has 0 aliphatic carbocycles. The summed E-state index contributed by atoms with van der Waals surface area (Å²) in [6.07, 6.45) is 1.05. The van der Waals surface area contributed by atoms with Crippen LogP contribution in [0.1, 0.15) is 23.6 Å². The molecule has 0 spiro atoms. The monoisotopic (exact) mass is 549 g/mol. The number of rotatable bonds is 8. The molecule has 0 bridgehead atoms. The summed E-state index contributed by atoms with van der Waals surface area (Å²) in [5, 5.41) is 3.10. The van der Waals surface area contributed by atoms with Crippen molar-refractivity contribution in [3.05, 3.63) is 82.4 Å². The van der Waals surface area contributed by atoms with E-state index in [0.29, 0.717) is 33.2 Å². The first kappa shape index (κ1) is 27.5. The quantitative estimate of drug-likeness (QED) is 0.416. The lowest BCUT2D eigenvalue weighted by Crippen LogP contribution is -2.45. The van der Waals surface area contributed by atoms with E-state index < -0.39 is 32.0 Å². The summed E-state index contributed by atoms with van der Waals surface area (Å²) < 4.78 is 54.4. The van der Waals surface area contributed by atoms with Gasteiger partial charge in [0.05, 0.1) is 22.5 Å². The van der Waals surface area contributed by atoms with Gasteiger partial charge in [0.15, 0.2) is 0 Å². The van der Waals surface area contributed by atoms with E-state index in [9.17, 15) is 21.6 Å². The van der Waals surface area contributed by atoms with Gasteiger partial charge in [-0.1, -0.05) is 29.8 Å². The molecule has 0 unspecified atom stereocenters. The summed E-state index contributed by atoms with van der Waals surface area (Å²) in [6.45, 7) is 6.81. The third-order valence-electron chi connectivity index (χ3n) is 5.63. The molecule has 0 heterocycles. The Morgan fingerprint density at radius 1 is 0.944 bits per heavy atom. The van der Waals surface area contributed by atoms with E-state index in [2.05, 4.69) is 10.0 Å². The van der Waals surface area contributed by atoms with Crippen LogP contribution in [0.15, 0.2) is 65.6 Å². The number of sulfonamides is 2. The highest BCUT2D eigenvalue weighted by atomic mass is 35.5. The summed E-state index contributed by atoms with van der Waals surface area (Å²) in [6, 6.07) is 14.8. The van der Waals surface area contributed by atoms with Crippen molar-refractivity contribution in [1.29, 1.82) is 0 Å². The van der Waals surface area contributed by atoms with Gasteiger partial charge in [-0.15, -0.1) is 0 Å². The molecule has 2 N–H and O–H groups in total. The number of nitrogens with one attached hydrogen (secondary N) is 2. The number of nitrogens with zero attached hydrogens (tertiary/aromatic N) is 1. The number of carbonyl (C=O) groups is 1. The number of amides is 1. The molecular formula is C25H28ClN3O5S2. The smallest absolute Gasteiger partial charge is 0.261 e. The third-order valence-corrected chi connectivity index (χ3v) is 8.65. The molecule has 3 aromatic carbocycles. The second kappa shape index (κ2) is 10.5. The lowest BCUT2D eigenvalue weighted by atomic mass is 10.1. The zero-order valence-corrected chi connectivity index (χ0v) is 22.9. The van der Waals surface area contributed by atoms with Crippen molar-refractivity contribution >= 4 is 54.6 Å². The average Bonchev–Trinajstić information content (AvgIpc) is 2.78. The fourth-order valence-corrected chi connectivity index (χ4v) is 6.15. The zero-order valence-electron chi connectivity index (χ0n) is 20.5. The van der Waals surface area contributed by atoms with E-state index in [1.807, 2.05) is 13.0 Å². The minimum atomic E-state index is -3.90. The van der Waals surface area contributed by atoms with Gasteiger partial charge in [0.1, 0.15) is 6.04 Å². The maximum absolute atomic E-state index is 13.0. The fourth-order valence-electron chi connectivity index (χ4n) is 3.62. The van der Waals surface area contributed by atoms with Crippen LogP contribution >= 0.6 is 11.6 Å². The van der Waals surface area contributed by atoms with Gasteiger partial charge in [-0.25, -0.2) is 16.8 Å². The molecule has 0 radical (unpaired) electrons. The molecule has 0 aliphatic heterocycles. The van der Waals surface area contributed by atoms with E-state index in [0.717, 1.165) is 16.1 Å². The molecule has 0 aromatic heterocycles. The minimum absolute atomic E-state index is 0.0129. The number of aryl methyl sites for hydroxylation is 2. The molecule has 1 amide bonds. The van der Waals surface area contributed by atoms with Gasteiger partial charge in [0.25, 0.3) is 10.0 Å². The normalized spacial score (nSPS) is 12.6. The summed E-state index contributed by atoms with van der Waals surface area (Å²) in [4.78, 5) is 13.0. The van der Waals surface area contributed by atoms with Crippen molar-refractivity contribution in [1.82, 2.24) is 0 Å². The Morgan fingerprint density at radius 2 is 1.58 bits per heavy atom. The van der Waals surface area contributed by atoms with Gasteiger partial charge < -0.3 is 5.32 Å². The van der Waals surface area contributed by atoms with Crippen LogP contribution in [0.2, 0.25) is 5.02 Å². The van der Waals surface area contributed by atoms with Gasteiger partial charge >= 0.3 is 0 Å². The number of anilines is 3. The van der Waals surface area contributed by atoms with E-state index in [1.54, 1.807) is 44.2 Å². The van der Waals surface area contributed by atoms with E-state index >= 15 is 0 Å². The molecule has 1 atom stereocenters. The molecular weight excluding hydrogens is 522 g/mol. The number of halogens is 1.